The van der Waals surface area contributed by atoms with E-state index in [0.29, 0.717) is 18.8 Å². The summed E-state index contributed by atoms with van der Waals surface area (Å²) in [6, 6.07) is 6.23. The van der Waals surface area contributed by atoms with Crippen molar-refractivity contribution in [3.63, 3.8) is 0 Å². The smallest absolute Gasteiger partial charge is 0.240 e. The summed E-state index contributed by atoms with van der Waals surface area (Å²) >= 11 is 0. The van der Waals surface area contributed by atoms with Gasteiger partial charge in [0.15, 0.2) is 0 Å². The molecule has 0 saturated carbocycles. The van der Waals surface area contributed by atoms with Gasteiger partial charge in [0.05, 0.1) is 17.5 Å². The summed E-state index contributed by atoms with van der Waals surface area (Å²) in [4.78, 5) is 16.7. The van der Waals surface area contributed by atoms with E-state index in [0.717, 1.165) is 39.0 Å². The van der Waals surface area contributed by atoms with Crippen LogP contribution in [0.15, 0.2) is 29.2 Å². The number of benzene rings is 1. The van der Waals surface area contributed by atoms with Gasteiger partial charge in [0.2, 0.25) is 15.9 Å². The molecule has 2 aliphatic heterocycles. The lowest BCUT2D eigenvalue weighted by atomic mass is 10.2. The molecule has 9 heteroatoms. The third-order valence-corrected chi connectivity index (χ3v) is 6.38. The molecule has 2 aliphatic rings. The average molecular weight is 397 g/mol. The number of anilines is 1. The van der Waals surface area contributed by atoms with E-state index >= 15 is 0 Å². The summed E-state index contributed by atoms with van der Waals surface area (Å²) in [5, 5.41) is 2.83. The summed E-state index contributed by atoms with van der Waals surface area (Å²) in [6.45, 7) is 4.98. The maximum absolute atomic E-state index is 12.3. The monoisotopic (exact) mass is 396 g/mol. The molecule has 0 aromatic heterocycles. The van der Waals surface area contributed by atoms with Crippen LogP contribution in [0.5, 0.6) is 0 Å². The number of sulfonamides is 1. The normalized spacial score (nSPS) is 22.0. The Labute approximate surface area is 160 Å². The highest BCUT2D eigenvalue weighted by molar-refractivity contribution is 7.89. The van der Waals surface area contributed by atoms with Gasteiger partial charge < -0.3 is 15.0 Å². The minimum Gasteiger partial charge on any atom is -0.377 e. The molecule has 1 unspecified atom stereocenters. The van der Waals surface area contributed by atoms with E-state index in [4.69, 9.17) is 4.74 Å². The predicted octanol–water partition coefficient (Wildman–Crippen LogP) is 0.330. The first-order valence-electron chi connectivity index (χ1n) is 9.34. The third-order valence-electron chi connectivity index (χ3n) is 4.94. The second kappa shape index (κ2) is 9.11. The van der Waals surface area contributed by atoms with Gasteiger partial charge in [-0.3, -0.25) is 9.69 Å². The van der Waals surface area contributed by atoms with E-state index in [1.54, 1.807) is 12.1 Å². The Morgan fingerprint density at radius 3 is 2.52 bits per heavy atom. The minimum atomic E-state index is -3.58. The molecule has 1 amide bonds. The fraction of sp³-hybridized carbons (Fsp3) is 0.611. The second-order valence-corrected chi connectivity index (χ2v) is 8.91. The maximum atomic E-state index is 12.3. The van der Waals surface area contributed by atoms with Gasteiger partial charge in [-0.25, -0.2) is 13.1 Å². The molecule has 27 heavy (non-hydrogen) atoms. The number of hydrogen-bond donors (Lipinski definition) is 2. The number of ether oxygens (including phenoxy) is 1. The van der Waals surface area contributed by atoms with Crippen LogP contribution in [0, 0.1) is 0 Å². The molecule has 2 N–H and O–H groups in total. The molecule has 8 nitrogen and oxygen atoms in total. The summed E-state index contributed by atoms with van der Waals surface area (Å²) < 4.78 is 32.7. The van der Waals surface area contributed by atoms with Crippen LogP contribution in [0.25, 0.3) is 0 Å². The molecule has 0 bridgehead atoms. The van der Waals surface area contributed by atoms with Crippen molar-refractivity contribution < 1.29 is 17.9 Å². The van der Waals surface area contributed by atoms with E-state index < -0.39 is 10.0 Å². The van der Waals surface area contributed by atoms with Gasteiger partial charge in [-0.05, 0) is 44.2 Å². The Kier molecular flexibility index (Phi) is 6.83. The second-order valence-electron chi connectivity index (χ2n) is 7.14. The van der Waals surface area contributed by atoms with E-state index in [2.05, 4.69) is 26.9 Å². The van der Waals surface area contributed by atoms with Crippen LogP contribution in [-0.2, 0) is 19.6 Å². The molecule has 0 spiro atoms. The SMILES string of the molecule is CN1CCN(CC(=O)Nc2ccc(S(=O)(=O)NCC3CCCO3)cc2)CC1. The van der Waals surface area contributed by atoms with Crippen molar-refractivity contribution in [2.24, 2.45) is 0 Å². The molecule has 1 aromatic carbocycles. The number of rotatable bonds is 7. The molecule has 2 heterocycles. The van der Waals surface area contributed by atoms with Crippen LogP contribution >= 0.6 is 0 Å². The lowest BCUT2D eigenvalue weighted by molar-refractivity contribution is -0.117. The van der Waals surface area contributed by atoms with Crippen LogP contribution in [0.4, 0.5) is 5.69 Å². The first-order valence-corrected chi connectivity index (χ1v) is 10.8. The number of nitrogens with zero attached hydrogens (tertiary/aromatic N) is 2. The van der Waals surface area contributed by atoms with E-state index in [1.807, 2.05) is 0 Å². The number of carbonyl (C=O) groups is 1. The van der Waals surface area contributed by atoms with Crippen LogP contribution in [0.2, 0.25) is 0 Å². The van der Waals surface area contributed by atoms with E-state index in [9.17, 15) is 13.2 Å². The molecule has 0 radical (unpaired) electrons. The zero-order valence-electron chi connectivity index (χ0n) is 15.7. The largest absolute Gasteiger partial charge is 0.377 e. The first-order chi connectivity index (χ1) is 12.9. The fourth-order valence-corrected chi connectivity index (χ4v) is 4.28. The molecular weight excluding hydrogens is 368 g/mol. The van der Waals surface area contributed by atoms with Gasteiger partial charge in [0, 0.05) is 45.0 Å². The van der Waals surface area contributed by atoms with Crippen molar-refractivity contribution >= 4 is 21.6 Å². The highest BCUT2D eigenvalue weighted by Gasteiger charge is 2.20. The molecule has 150 valence electrons. The number of likely N-dealkylation sites (N-methyl/N-ethyl adjacent to an activating group) is 1. The number of piperazine rings is 1. The summed E-state index contributed by atoms with van der Waals surface area (Å²) in [5.74, 6) is -0.0910. The van der Waals surface area contributed by atoms with Gasteiger partial charge in [0.1, 0.15) is 0 Å². The quantitative estimate of drug-likeness (QED) is 0.690. The maximum Gasteiger partial charge on any atom is 0.240 e. The molecule has 3 rings (SSSR count). The number of nitrogens with one attached hydrogen (secondary N) is 2. The Balaban J connectivity index is 1.49. The minimum absolute atomic E-state index is 0.0482. The number of amides is 1. The van der Waals surface area contributed by atoms with Gasteiger partial charge >= 0.3 is 0 Å². The van der Waals surface area contributed by atoms with Crippen molar-refractivity contribution in [1.29, 1.82) is 0 Å². The summed E-state index contributed by atoms with van der Waals surface area (Å²) in [7, 11) is -1.50. The predicted molar refractivity (Wildman–Crippen MR) is 103 cm³/mol. The molecule has 1 atom stereocenters. The number of hydrogen-bond acceptors (Lipinski definition) is 6. The van der Waals surface area contributed by atoms with Crippen molar-refractivity contribution in [3.8, 4) is 0 Å². The van der Waals surface area contributed by atoms with Crippen molar-refractivity contribution in [1.82, 2.24) is 14.5 Å². The van der Waals surface area contributed by atoms with Crippen molar-refractivity contribution in [2.75, 3.05) is 58.2 Å². The van der Waals surface area contributed by atoms with Crippen LogP contribution in [-0.4, -0.2) is 83.2 Å². The topological polar surface area (TPSA) is 91.0 Å². The zero-order chi connectivity index (χ0) is 19.3. The summed E-state index contributed by atoms with van der Waals surface area (Å²) in [6.07, 6.45) is 1.79. The van der Waals surface area contributed by atoms with Crippen molar-refractivity contribution in [2.45, 2.75) is 23.8 Å². The van der Waals surface area contributed by atoms with Gasteiger partial charge in [-0.1, -0.05) is 0 Å². The standard InChI is InChI=1S/C18H28N4O4S/c1-21-8-10-22(11-9-21)14-18(23)20-15-4-6-17(7-5-15)27(24,25)19-13-16-3-2-12-26-16/h4-7,16,19H,2-3,8-14H2,1H3,(H,20,23). The molecule has 0 aliphatic carbocycles. The number of carbonyl (C=O) groups excluding carboxylic acids is 1. The Morgan fingerprint density at radius 2 is 1.89 bits per heavy atom. The highest BCUT2D eigenvalue weighted by Crippen LogP contribution is 2.16. The van der Waals surface area contributed by atoms with E-state index in [-0.39, 0.29) is 23.5 Å². The van der Waals surface area contributed by atoms with Gasteiger partial charge in [-0.2, -0.15) is 0 Å². The van der Waals surface area contributed by atoms with E-state index in [1.165, 1.54) is 12.1 Å². The van der Waals surface area contributed by atoms with Gasteiger partial charge in [-0.15, -0.1) is 0 Å². The molecule has 1 aromatic rings. The first kappa shape index (κ1) is 20.2. The molecule has 2 fully saturated rings. The molecular formula is C18H28N4O4S. The Morgan fingerprint density at radius 1 is 1.19 bits per heavy atom. The zero-order valence-corrected chi connectivity index (χ0v) is 16.5. The highest BCUT2D eigenvalue weighted by atomic mass is 32.2. The van der Waals surface area contributed by atoms with Crippen LogP contribution in [0.1, 0.15) is 12.8 Å². The average Bonchev–Trinajstić information content (AvgIpc) is 3.16. The Bertz CT molecular complexity index is 724. The summed E-state index contributed by atoms with van der Waals surface area (Å²) in [5.41, 5.74) is 0.590. The van der Waals surface area contributed by atoms with Gasteiger partial charge in [0.25, 0.3) is 0 Å². The van der Waals surface area contributed by atoms with Crippen LogP contribution in [0.3, 0.4) is 0 Å². The van der Waals surface area contributed by atoms with Crippen LogP contribution < -0.4 is 10.0 Å². The lowest BCUT2D eigenvalue weighted by Crippen LogP contribution is -2.47. The van der Waals surface area contributed by atoms with Crippen molar-refractivity contribution in [3.05, 3.63) is 24.3 Å². The third kappa shape index (κ3) is 5.98. The Hall–Kier alpha value is -1.52. The fourth-order valence-electron chi connectivity index (χ4n) is 3.22. The lowest BCUT2D eigenvalue weighted by Gasteiger charge is -2.31. The molecule has 2 saturated heterocycles.